The van der Waals surface area contributed by atoms with Crippen LogP contribution in [0.1, 0.15) is 31.0 Å². The number of hydrogen-bond donors (Lipinski definition) is 1. The van der Waals surface area contributed by atoms with Crippen molar-refractivity contribution in [2.75, 3.05) is 18.0 Å². The molecule has 1 saturated heterocycles. The summed E-state index contributed by atoms with van der Waals surface area (Å²) in [5.41, 5.74) is 9.30. The first-order valence-corrected chi connectivity index (χ1v) is 6.11. The Hall–Kier alpha value is -1.09. The van der Waals surface area contributed by atoms with Crippen LogP contribution in [0.4, 0.5) is 5.69 Å². The van der Waals surface area contributed by atoms with E-state index >= 15 is 0 Å². The molecule has 0 aromatic carbocycles. The van der Waals surface area contributed by atoms with Gasteiger partial charge in [-0.15, -0.1) is 0 Å². The molecule has 2 N–H and O–H groups in total. The highest BCUT2D eigenvalue weighted by molar-refractivity contribution is 5.53. The van der Waals surface area contributed by atoms with E-state index in [0.717, 1.165) is 24.7 Å². The molecule has 0 atom stereocenters. The quantitative estimate of drug-likeness (QED) is 0.828. The van der Waals surface area contributed by atoms with E-state index in [1.54, 1.807) is 0 Å². The number of aromatic nitrogens is 1. The third kappa shape index (κ3) is 2.35. The third-order valence-corrected chi connectivity index (χ3v) is 3.44. The topological polar surface area (TPSA) is 42.1 Å². The summed E-state index contributed by atoms with van der Waals surface area (Å²) in [6.07, 6.45) is 4.49. The van der Waals surface area contributed by atoms with Gasteiger partial charge in [-0.2, -0.15) is 0 Å². The second-order valence-corrected chi connectivity index (χ2v) is 4.83. The van der Waals surface area contributed by atoms with Crippen molar-refractivity contribution < 1.29 is 0 Å². The van der Waals surface area contributed by atoms with Gasteiger partial charge >= 0.3 is 0 Å². The fourth-order valence-corrected chi connectivity index (χ4v) is 2.27. The minimum atomic E-state index is 0.578. The van der Waals surface area contributed by atoms with Gasteiger partial charge in [-0.3, -0.25) is 4.98 Å². The second kappa shape index (κ2) is 4.83. The standard InChI is InChI=1S/C13H21N3/c1-10-3-5-16(6-4-10)13-7-11(2)15-9-12(13)8-14/h7,9-10H,3-6,8,14H2,1-2H3. The summed E-state index contributed by atoms with van der Waals surface area (Å²) >= 11 is 0. The first-order valence-electron chi connectivity index (χ1n) is 6.11. The Kier molecular flexibility index (Phi) is 3.44. The Labute approximate surface area is 97.7 Å². The SMILES string of the molecule is Cc1cc(N2CCC(C)CC2)c(CN)cn1. The summed E-state index contributed by atoms with van der Waals surface area (Å²) in [4.78, 5) is 6.77. The number of hydrogen-bond acceptors (Lipinski definition) is 3. The van der Waals surface area contributed by atoms with Crippen LogP contribution in [-0.4, -0.2) is 18.1 Å². The van der Waals surface area contributed by atoms with E-state index in [1.807, 2.05) is 13.1 Å². The molecule has 3 nitrogen and oxygen atoms in total. The molecule has 1 fully saturated rings. The van der Waals surface area contributed by atoms with Gasteiger partial charge in [0, 0.05) is 42.8 Å². The van der Waals surface area contributed by atoms with Crippen molar-refractivity contribution in [3.05, 3.63) is 23.5 Å². The molecule has 0 unspecified atom stereocenters. The number of anilines is 1. The van der Waals surface area contributed by atoms with Gasteiger partial charge in [0.15, 0.2) is 0 Å². The number of rotatable bonds is 2. The zero-order valence-corrected chi connectivity index (χ0v) is 10.2. The Morgan fingerprint density at radius 3 is 2.75 bits per heavy atom. The van der Waals surface area contributed by atoms with E-state index in [2.05, 4.69) is 22.9 Å². The van der Waals surface area contributed by atoms with Gasteiger partial charge in [-0.05, 0) is 31.7 Å². The molecule has 0 amide bonds. The van der Waals surface area contributed by atoms with E-state index in [-0.39, 0.29) is 0 Å². The van der Waals surface area contributed by atoms with Gasteiger partial charge in [-0.25, -0.2) is 0 Å². The van der Waals surface area contributed by atoms with Crippen molar-refractivity contribution in [1.29, 1.82) is 0 Å². The maximum absolute atomic E-state index is 5.77. The fraction of sp³-hybridized carbons (Fsp3) is 0.615. The summed E-state index contributed by atoms with van der Waals surface area (Å²) in [6, 6.07) is 2.16. The highest BCUT2D eigenvalue weighted by Crippen LogP contribution is 2.26. The first-order chi connectivity index (χ1) is 7.70. The predicted octanol–water partition coefficient (Wildman–Crippen LogP) is 2.09. The Bertz CT molecular complexity index is 354. The zero-order chi connectivity index (χ0) is 11.5. The molecule has 0 spiro atoms. The van der Waals surface area contributed by atoms with Crippen LogP contribution in [0.3, 0.4) is 0 Å². The van der Waals surface area contributed by atoms with Crippen molar-refractivity contribution in [3.63, 3.8) is 0 Å². The largest absolute Gasteiger partial charge is 0.371 e. The number of nitrogens with two attached hydrogens (primary N) is 1. The van der Waals surface area contributed by atoms with Gasteiger partial charge in [0.25, 0.3) is 0 Å². The molecule has 16 heavy (non-hydrogen) atoms. The molecule has 2 heterocycles. The summed E-state index contributed by atoms with van der Waals surface area (Å²) in [5, 5.41) is 0. The summed E-state index contributed by atoms with van der Waals surface area (Å²) in [5.74, 6) is 0.862. The molecule has 0 bridgehead atoms. The summed E-state index contributed by atoms with van der Waals surface area (Å²) < 4.78 is 0. The number of aryl methyl sites for hydroxylation is 1. The van der Waals surface area contributed by atoms with E-state index < -0.39 is 0 Å². The third-order valence-electron chi connectivity index (χ3n) is 3.44. The maximum Gasteiger partial charge on any atom is 0.0445 e. The summed E-state index contributed by atoms with van der Waals surface area (Å²) in [7, 11) is 0. The molecule has 88 valence electrons. The van der Waals surface area contributed by atoms with E-state index in [0.29, 0.717) is 6.54 Å². The van der Waals surface area contributed by atoms with E-state index in [1.165, 1.54) is 24.1 Å². The normalized spacial score (nSPS) is 17.8. The summed E-state index contributed by atoms with van der Waals surface area (Å²) in [6.45, 7) is 7.25. The average molecular weight is 219 g/mol. The maximum atomic E-state index is 5.77. The number of piperidine rings is 1. The Morgan fingerprint density at radius 2 is 2.12 bits per heavy atom. The second-order valence-electron chi connectivity index (χ2n) is 4.83. The van der Waals surface area contributed by atoms with E-state index in [9.17, 15) is 0 Å². The number of nitrogens with zero attached hydrogens (tertiary/aromatic N) is 2. The van der Waals surface area contributed by atoms with Crippen LogP contribution >= 0.6 is 0 Å². The Balaban J connectivity index is 2.21. The minimum Gasteiger partial charge on any atom is -0.371 e. The molecule has 0 radical (unpaired) electrons. The molecule has 0 aliphatic carbocycles. The van der Waals surface area contributed by atoms with Crippen molar-refractivity contribution in [2.45, 2.75) is 33.2 Å². The van der Waals surface area contributed by atoms with Crippen LogP contribution < -0.4 is 10.6 Å². The molecule has 0 saturated carbocycles. The highest BCUT2D eigenvalue weighted by atomic mass is 15.1. The van der Waals surface area contributed by atoms with Gasteiger partial charge < -0.3 is 10.6 Å². The van der Waals surface area contributed by atoms with Crippen LogP contribution in [0.2, 0.25) is 0 Å². The Morgan fingerprint density at radius 1 is 1.44 bits per heavy atom. The fourth-order valence-electron chi connectivity index (χ4n) is 2.27. The van der Waals surface area contributed by atoms with Gasteiger partial charge in [0.2, 0.25) is 0 Å². The minimum absolute atomic E-state index is 0.578. The van der Waals surface area contributed by atoms with Gasteiger partial charge in [0.05, 0.1) is 0 Å². The van der Waals surface area contributed by atoms with Gasteiger partial charge in [0.1, 0.15) is 0 Å². The molecule has 1 aliphatic rings. The molecule has 3 heteroatoms. The lowest BCUT2D eigenvalue weighted by Gasteiger charge is -2.33. The average Bonchev–Trinajstić information content (AvgIpc) is 2.30. The smallest absolute Gasteiger partial charge is 0.0445 e. The molecular formula is C13H21N3. The van der Waals surface area contributed by atoms with Crippen LogP contribution in [0.5, 0.6) is 0 Å². The predicted molar refractivity (Wildman–Crippen MR) is 67.5 cm³/mol. The van der Waals surface area contributed by atoms with Crippen molar-refractivity contribution in [1.82, 2.24) is 4.98 Å². The monoisotopic (exact) mass is 219 g/mol. The molecule has 2 rings (SSSR count). The van der Waals surface area contributed by atoms with E-state index in [4.69, 9.17) is 5.73 Å². The number of pyridine rings is 1. The lowest BCUT2D eigenvalue weighted by Crippen LogP contribution is -2.33. The lowest BCUT2D eigenvalue weighted by molar-refractivity contribution is 0.438. The van der Waals surface area contributed by atoms with Crippen LogP contribution in [0.15, 0.2) is 12.3 Å². The van der Waals surface area contributed by atoms with Crippen molar-refractivity contribution >= 4 is 5.69 Å². The van der Waals surface area contributed by atoms with Crippen molar-refractivity contribution in [3.8, 4) is 0 Å². The van der Waals surface area contributed by atoms with Crippen LogP contribution in [0, 0.1) is 12.8 Å². The molecule has 1 aromatic rings. The zero-order valence-electron chi connectivity index (χ0n) is 10.2. The van der Waals surface area contributed by atoms with Crippen LogP contribution in [0.25, 0.3) is 0 Å². The molecule has 1 aromatic heterocycles. The lowest BCUT2D eigenvalue weighted by atomic mass is 9.98. The first kappa shape index (κ1) is 11.4. The molecule has 1 aliphatic heterocycles. The van der Waals surface area contributed by atoms with Crippen LogP contribution in [-0.2, 0) is 6.54 Å². The molecular weight excluding hydrogens is 198 g/mol. The van der Waals surface area contributed by atoms with Crippen molar-refractivity contribution in [2.24, 2.45) is 11.7 Å². The highest BCUT2D eigenvalue weighted by Gasteiger charge is 2.18. The van der Waals surface area contributed by atoms with Gasteiger partial charge in [-0.1, -0.05) is 6.92 Å².